The number of hydrogen-bond acceptors (Lipinski definition) is 4. The van der Waals surface area contributed by atoms with E-state index in [0.29, 0.717) is 5.82 Å². The zero-order chi connectivity index (χ0) is 14.6. The third-order valence-electron chi connectivity index (χ3n) is 3.11. The largest absolute Gasteiger partial charge is 0.464 e. The molecule has 19 heavy (non-hydrogen) atoms. The van der Waals surface area contributed by atoms with Gasteiger partial charge in [0, 0.05) is 5.54 Å². The summed E-state index contributed by atoms with van der Waals surface area (Å²) in [5, 5.41) is 2.92. The molecule has 0 aliphatic carbocycles. The molecule has 0 unspecified atom stereocenters. The Morgan fingerprint density at radius 2 is 2.11 bits per heavy atom. The molecule has 0 saturated heterocycles. The normalized spacial score (nSPS) is 11.2. The maximum atomic E-state index is 12.0. The minimum Gasteiger partial charge on any atom is -0.464 e. The number of carbonyl (C=O) groups is 2. The molecule has 1 amide bonds. The summed E-state index contributed by atoms with van der Waals surface area (Å²) in [5.41, 5.74) is 0.0150. The number of carbonyl (C=O) groups excluding carboxylic acids is 2. The number of methoxy groups -OCH3 is 1. The number of imidazole rings is 1. The van der Waals surface area contributed by atoms with Crippen LogP contribution in [0.1, 0.15) is 43.5 Å². The highest BCUT2D eigenvalue weighted by Gasteiger charge is 2.21. The Hall–Kier alpha value is -1.85. The molecule has 1 heterocycles. The van der Waals surface area contributed by atoms with Gasteiger partial charge in [0.2, 0.25) is 5.91 Å². The van der Waals surface area contributed by atoms with E-state index in [9.17, 15) is 9.59 Å². The summed E-state index contributed by atoms with van der Waals surface area (Å²) in [7, 11) is 1.30. The molecule has 0 spiro atoms. The molecule has 1 rings (SSSR count). The lowest BCUT2D eigenvalue weighted by molar-refractivity contribution is -0.123. The lowest BCUT2D eigenvalue weighted by atomic mass is 10.0. The third-order valence-corrected chi connectivity index (χ3v) is 3.11. The van der Waals surface area contributed by atoms with Crippen LogP contribution in [0, 0.1) is 6.92 Å². The predicted molar refractivity (Wildman–Crippen MR) is 70.8 cm³/mol. The molecule has 0 radical (unpaired) electrons. The lowest BCUT2D eigenvalue weighted by Gasteiger charge is -2.24. The van der Waals surface area contributed by atoms with Crippen LogP contribution in [0.5, 0.6) is 0 Å². The molecule has 6 heteroatoms. The van der Waals surface area contributed by atoms with Crippen molar-refractivity contribution in [2.24, 2.45) is 0 Å². The van der Waals surface area contributed by atoms with Gasteiger partial charge in [0.25, 0.3) is 0 Å². The second kappa shape index (κ2) is 5.86. The number of aryl methyl sites for hydroxylation is 1. The van der Waals surface area contributed by atoms with Crippen LogP contribution >= 0.6 is 0 Å². The summed E-state index contributed by atoms with van der Waals surface area (Å²) >= 11 is 0. The van der Waals surface area contributed by atoms with Crippen molar-refractivity contribution < 1.29 is 14.3 Å². The first-order valence-electron chi connectivity index (χ1n) is 6.22. The maximum absolute atomic E-state index is 12.0. The number of hydrogen-bond donors (Lipinski definition) is 1. The van der Waals surface area contributed by atoms with Crippen LogP contribution in [0.2, 0.25) is 0 Å². The van der Waals surface area contributed by atoms with Crippen molar-refractivity contribution in [1.82, 2.24) is 14.9 Å². The van der Waals surface area contributed by atoms with E-state index >= 15 is 0 Å². The van der Waals surface area contributed by atoms with Crippen LogP contribution in [0.4, 0.5) is 0 Å². The molecule has 106 valence electrons. The quantitative estimate of drug-likeness (QED) is 0.816. The summed E-state index contributed by atoms with van der Waals surface area (Å²) in [6.45, 7) is 7.70. The van der Waals surface area contributed by atoms with E-state index in [-0.39, 0.29) is 23.7 Å². The fourth-order valence-corrected chi connectivity index (χ4v) is 1.58. The molecule has 0 aliphatic rings. The summed E-state index contributed by atoms with van der Waals surface area (Å²) < 4.78 is 6.21. The van der Waals surface area contributed by atoms with E-state index in [1.807, 2.05) is 20.8 Å². The van der Waals surface area contributed by atoms with E-state index in [1.54, 1.807) is 11.5 Å². The number of amides is 1. The number of nitrogens with one attached hydrogen (secondary N) is 1. The van der Waals surface area contributed by atoms with Gasteiger partial charge in [-0.3, -0.25) is 4.79 Å². The summed E-state index contributed by atoms with van der Waals surface area (Å²) in [6.07, 6.45) is 2.24. The molecular weight excluding hydrogens is 246 g/mol. The maximum Gasteiger partial charge on any atom is 0.356 e. The molecule has 1 aromatic rings. The third kappa shape index (κ3) is 3.81. The van der Waals surface area contributed by atoms with E-state index in [0.717, 1.165) is 6.42 Å². The standard InChI is InChI=1S/C13H21N3O3/c1-6-13(3,4)15-11(17)8-16-9(2)14-7-10(16)12(18)19-5/h7H,6,8H2,1-5H3,(H,15,17). The second-order valence-electron chi connectivity index (χ2n) is 5.05. The Bertz CT molecular complexity index is 477. The highest BCUT2D eigenvalue weighted by molar-refractivity contribution is 5.88. The Morgan fingerprint density at radius 3 is 2.63 bits per heavy atom. The molecule has 0 saturated carbocycles. The number of aromatic nitrogens is 2. The summed E-state index contributed by atoms with van der Waals surface area (Å²) in [4.78, 5) is 27.6. The lowest BCUT2D eigenvalue weighted by Crippen LogP contribution is -2.44. The van der Waals surface area contributed by atoms with Crippen LogP contribution in [-0.2, 0) is 16.1 Å². The highest BCUT2D eigenvalue weighted by Crippen LogP contribution is 2.09. The number of ether oxygens (including phenoxy) is 1. The zero-order valence-electron chi connectivity index (χ0n) is 12.1. The first kappa shape index (κ1) is 15.2. The van der Waals surface area contributed by atoms with E-state index in [1.165, 1.54) is 13.3 Å². The van der Waals surface area contributed by atoms with Crippen molar-refractivity contribution >= 4 is 11.9 Å². The van der Waals surface area contributed by atoms with Crippen LogP contribution < -0.4 is 5.32 Å². The van der Waals surface area contributed by atoms with Crippen molar-refractivity contribution in [1.29, 1.82) is 0 Å². The van der Waals surface area contributed by atoms with Crippen molar-refractivity contribution in [2.45, 2.75) is 46.2 Å². The molecule has 0 aliphatic heterocycles. The monoisotopic (exact) mass is 267 g/mol. The van der Waals surface area contributed by atoms with E-state index in [2.05, 4.69) is 15.0 Å². The number of rotatable bonds is 5. The van der Waals surface area contributed by atoms with Crippen molar-refractivity contribution in [3.8, 4) is 0 Å². The highest BCUT2D eigenvalue weighted by atomic mass is 16.5. The Morgan fingerprint density at radius 1 is 1.47 bits per heavy atom. The topological polar surface area (TPSA) is 73.2 Å². The fraction of sp³-hybridized carbons (Fsp3) is 0.615. The minimum atomic E-state index is -0.497. The van der Waals surface area contributed by atoms with Gasteiger partial charge in [-0.05, 0) is 27.2 Å². The average molecular weight is 267 g/mol. The number of nitrogens with zero attached hydrogens (tertiary/aromatic N) is 2. The fourth-order valence-electron chi connectivity index (χ4n) is 1.58. The summed E-state index contributed by atoms with van der Waals surface area (Å²) in [6, 6.07) is 0. The van der Waals surface area contributed by atoms with Crippen molar-refractivity contribution in [3.63, 3.8) is 0 Å². The first-order chi connectivity index (χ1) is 8.80. The van der Waals surface area contributed by atoms with Crippen LogP contribution in [0.25, 0.3) is 0 Å². The molecule has 0 bridgehead atoms. The molecular formula is C13H21N3O3. The Kier molecular flexibility index (Phi) is 4.69. The van der Waals surface area contributed by atoms with Gasteiger partial charge in [0.05, 0.1) is 13.3 Å². The SMILES string of the molecule is CCC(C)(C)NC(=O)Cn1c(C(=O)OC)cnc1C. The van der Waals surface area contributed by atoms with Crippen molar-refractivity contribution in [3.05, 3.63) is 17.7 Å². The van der Waals surface area contributed by atoms with Crippen LogP contribution in [0.3, 0.4) is 0 Å². The van der Waals surface area contributed by atoms with Gasteiger partial charge in [-0.1, -0.05) is 6.92 Å². The Labute approximate surface area is 113 Å². The second-order valence-corrected chi connectivity index (χ2v) is 5.05. The van der Waals surface area contributed by atoms with Gasteiger partial charge in [0.15, 0.2) is 0 Å². The van der Waals surface area contributed by atoms with Gasteiger partial charge in [0.1, 0.15) is 18.1 Å². The smallest absolute Gasteiger partial charge is 0.356 e. The molecule has 0 atom stereocenters. The molecule has 1 aromatic heterocycles. The molecule has 0 fully saturated rings. The molecule has 6 nitrogen and oxygen atoms in total. The minimum absolute atomic E-state index is 0.0553. The van der Waals surface area contributed by atoms with Gasteiger partial charge < -0.3 is 14.6 Å². The molecule has 0 aromatic carbocycles. The first-order valence-corrected chi connectivity index (χ1v) is 6.22. The predicted octanol–water partition coefficient (Wildman–Crippen LogP) is 1.28. The molecule has 1 N–H and O–H groups in total. The van der Waals surface area contributed by atoms with Crippen LogP contribution in [-0.4, -0.2) is 34.1 Å². The van der Waals surface area contributed by atoms with Gasteiger partial charge in [-0.25, -0.2) is 9.78 Å². The van der Waals surface area contributed by atoms with Gasteiger partial charge in [-0.15, -0.1) is 0 Å². The number of esters is 1. The van der Waals surface area contributed by atoms with Crippen molar-refractivity contribution in [2.75, 3.05) is 7.11 Å². The van der Waals surface area contributed by atoms with Gasteiger partial charge in [-0.2, -0.15) is 0 Å². The summed E-state index contributed by atoms with van der Waals surface area (Å²) in [5.74, 6) is -0.0499. The van der Waals surface area contributed by atoms with Gasteiger partial charge >= 0.3 is 5.97 Å². The zero-order valence-corrected chi connectivity index (χ0v) is 12.1. The van der Waals surface area contributed by atoms with E-state index < -0.39 is 5.97 Å². The average Bonchev–Trinajstić information content (AvgIpc) is 2.69. The van der Waals surface area contributed by atoms with Crippen LogP contribution in [0.15, 0.2) is 6.20 Å². The van der Waals surface area contributed by atoms with E-state index in [4.69, 9.17) is 0 Å². The Balaban J connectivity index is 2.85.